The van der Waals surface area contributed by atoms with Crippen LogP contribution in [0.25, 0.3) is 0 Å². The van der Waals surface area contributed by atoms with Crippen molar-refractivity contribution in [2.45, 2.75) is 63.8 Å². The van der Waals surface area contributed by atoms with Gasteiger partial charge in [-0.1, -0.05) is 46.1 Å². The third-order valence-electron chi connectivity index (χ3n) is 5.94. The summed E-state index contributed by atoms with van der Waals surface area (Å²) in [4.78, 5) is 25.1. The van der Waals surface area contributed by atoms with Crippen LogP contribution in [0, 0.1) is 5.41 Å². The molecule has 2 aromatic carbocycles. The number of amides is 2. The first kappa shape index (κ1) is 24.9. The molecular formula is C25H33N3O4S. The molecule has 8 heteroatoms. The van der Waals surface area contributed by atoms with Crippen molar-refractivity contribution in [2.75, 3.05) is 17.7 Å². The van der Waals surface area contributed by atoms with E-state index in [0.717, 1.165) is 32.1 Å². The van der Waals surface area contributed by atoms with Crippen LogP contribution >= 0.6 is 0 Å². The van der Waals surface area contributed by atoms with Crippen LogP contribution in [-0.2, 0) is 14.8 Å². The number of nitrogens with one attached hydrogen (secondary N) is 2. The van der Waals surface area contributed by atoms with E-state index < -0.39 is 15.4 Å². The maximum absolute atomic E-state index is 13.0. The standard InChI is InChI=1S/C25H33N3O4S/c1-25(2,3)24(30)27-20-10-8-9-18(17-20)23(29)26-19-13-15-22(16-14-19)33(31,32)28(4)21-11-6-5-7-12-21/h8-10,13-17,21H,5-7,11-12H2,1-4H3,(H,26,29)(H,27,30). The average Bonchev–Trinajstić information content (AvgIpc) is 2.79. The Hall–Kier alpha value is -2.71. The van der Waals surface area contributed by atoms with Gasteiger partial charge < -0.3 is 10.6 Å². The second kappa shape index (κ2) is 10.1. The van der Waals surface area contributed by atoms with E-state index in [2.05, 4.69) is 10.6 Å². The van der Waals surface area contributed by atoms with E-state index in [1.165, 1.54) is 16.4 Å². The summed E-state index contributed by atoms with van der Waals surface area (Å²) < 4.78 is 27.5. The molecule has 0 unspecified atom stereocenters. The molecule has 0 aliphatic heterocycles. The molecule has 7 nitrogen and oxygen atoms in total. The molecule has 1 saturated carbocycles. The second-order valence-corrected chi connectivity index (χ2v) is 11.6. The van der Waals surface area contributed by atoms with Crippen molar-refractivity contribution in [3.8, 4) is 0 Å². The third kappa shape index (κ3) is 6.21. The SMILES string of the molecule is CN(C1CCCCC1)S(=O)(=O)c1ccc(NC(=O)c2cccc(NC(=O)C(C)(C)C)c2)cc1. The van der Waals surface area contributed by atoms with Gasteiger partial charge in [0.1, 0.15) is 0 Å². The quantitative estimate of drug-likeness (QED) is 0.628. The van der Waals surface area contributed by atoms with Crippen molar-refractivity contribution in [1.29, 1.82) is 0 Å². The van der Waals surface area contributed by atoms with Gasteiger partial charge in [-0.25, -0.2) is 8.42 Å². The van der Waals surface area contributed by atoms with Gasteiger partial charge in [-0.15, -0.1) is 0 Å². The second-order valence-electron chi connectivity index (χ2n) is 9.58. The van der Waals surface area contributed by atoms with E-state index in [1.54, 1.807) is 43.4 Å². The highest BCUT2D eigenvalue weighted by molar-refractivity contribution is 7.89. The van der Waals surface area contributed by atoms with E-state index in [0.29, 0.717) is 16.9 Å². The van der Waals surface area contributed by atoms with Gasteiger partial charge in [0.05, 0.1) is 4.90 Å². The maximum atomic E-state index is 13.0. The maximum Gasteiger partial charge on any atom is 0.255 e. The summed E-state index contributed by atoms with van der Waals surface area (Å²) in [6, 6.07) is 12.9. The lowest BCUT2D eigenvalue weighted by atomic mass is 9.95. The van der Waals surface area contributed by atoms with Crippen LogP contribution in [-0.4, -0.2) is 37.6 Å². The van der Waals surface area contributed by atoms with Crippen LogP contribution < -0.4 is 10.6 Å². The summed E-state index contributed by atoms with van der Waals surface area (Å²) in [5.41, 5.74) is 0.861. The summed E-state index contributed by atoms with van der Waals surface area (Å²) in [6.45, 7) is 5.45. The van der Waals surface area contributed by atoms with Gasteiger partial charge in [-0.3, -0.25) is 9.59 Å². The summed E-state index contributed by atoms with van der Waals surface area (Å²) in [7, 11) is -1.94. The van der Waals surface area contributed by atoms with Gasteiger partial charge in [0.25, 0.3) is 5.91 Å². The molecule has 0 heterocycles. The fourth-order valence-corrected chi connectivity index (χ4v) is 5.19. The number of sulfonamides is 1. The monoisotopic (exact) mass is 471 g/mol. The van der Waals surface area contributed by atoms with Crippen molar-refractivity contribution in [1.82, 2.24) is 4.31 Å². The van der Waals surface area contributed by atoms with E-state index in [-0.39, 0.29) is 22.8 Å². The Balaban J connectivity index is 1.68. The summed E-state index contributed by atoms with van der Waals surface area (Å²) >= 11 is 0. The number of hydrogen-bond donors (Lipinski definition) is 2. The Morgan fingerprint density at radius 3 is 2.15 bits per heavy atom. The Labute approximate surface area is 196 Å². The number of carbonyl (C=O) groups is 2. The fourth-order valence-electron chi connectivity index (χ4n) is 3.78. The Morgan fingerprint density at radius 2 is 1.55 bits per heavy atom. The molecule has 2 N–H and O–H groups in total. The molecule has 0 atom stereocenters. The van der Waals surface area contributed by atoms with Crippen molar-refractivity contribution in [3.05, 3.63) is 54.1 Å². The van der Waals surface area contributed by atoms with Crippen LogP contribution in [0.2, 0.25) is 0 Å². The minimum atomic E-state index is -3.58. The summed E-state index contributed by atoms with van der Waals surface area (Å²) in [5, 5.41) is 5.59. The molecule has 1 aliphatic rings. The number of nitrogens with zero attached hydrogens (tertiary/aromatic N) is 1. The molecule has 3 rings (SSSR count). The molecule has 0 spiro atoms. The smallest absolute Gasteiger partial charge is 0.255 e. The molecule has 0 radical (unpaired) electrons. The Bertz CT molecular complexity index is 1100. The normalized spacial score (nSPS) is 15.3. The lowest BCUT2D eigenvalue weighted by molar-refractivity contribution is -0.123. The number of anilines is 2. The van der Waals surface area contributed by atoms with Crippen LogP contribution in [0.4, 0.5) is 11.4 Å². The predicted octanol–water partition coefficient (Wildman–Crippen LogP) is 4.88. The van der Waals surface area contributed by atoms with E-state index in [9.17, 15) is 18.0 Å². The van der Waals surface area contributed by atoms with Crippen LogP contribution in [0.1, 0.15) is 63.2 Å². The first-order chi connectivity index (χ1) is 15.5. The van der Waals surface area contributed by atoms with Crippen LogP contribution in [0.5, 0.6) is 0 Å². The number of carbonyl (C=O) groups excluding carboxylic acids is 2. The highest BCUT2D eigenvalue weighted by atomic mass is 32.2. The van der Waals surface area contributed by atoms with E-state index >= 15 is 0 Å². The summed E-state index contributed by atoms with van der Waals surface area (Å²) in [6.07, 6.45) is 5.04. The lowest BCUT2D eigenvalue weighted by Gasteiger charge is -2.30. The molecule has 1 fully saturated rings. The first-order valence-corrected chi connectivity index (χ1v) is 12.7. The van der Waals surface area contributed by atoms with Crippen LogP contribution in [0.3, 0.4) is 0 Å². The Kier molecular flexibility index (Phi) is 7.59. The van der Waals surface area contributed by atoms with Gasteiger partial charge in [-0.2, -0.15) is 4.31 Å². The highest BCUT2D eigenvalue weighted by Crippen LogP contribution is 2.27. The van der Waals surface area contributed by atoms with Gasteiger partial charge in [0.15, 0.2) is 0 Å². The molecule has 0 aromatic heterocycles. The molecule has 2 amide bonds. The minimum Gasteiger partial charge on any atom is -0.326 e. The molecule has 0 saturated heterocycles. The molecular weight excluding hydrogens is 438 g/mol. The number of benzene rings is 2. The van der Waals surface area contributed by atoms with Crippen LogP contribution in [0.15, 0.2) is 53.4 Å². The predicted molar refractivity (Wildman–Crippen MR) is 131 cm³/mol. The van der Waals surface area contributed by atoms with Crippen molar-refractivity contribution >= 4 is 33.2 Å². The number of rotatable bonds is 6. The zero-order chi connectivity index (χ0) is 24.2. The van der Waals surface area contributed by atoms with Crippen molar-refractivity contribution in [2.24, 2.45) is 5.41 Å². The van der Waals surface area contributed by atoms with E-state index in [4.69, 9.17) is 0 Å². The van der Waals surface area contributed by atoms with Crippen molar-refractivity contribution < 1.29 is 18.0 Å². The zero-order valence-electron chi connectivity index (χ0n) is 19.7. The third-order valence-corrected chi connectivity index (χ3v) is 7.87. The molecule has 2 aromatic rings. The topological polar surface area (TPSA) is 95.6 Å². The van der Waals surface area contributed by atoms with Crippen molar-refractivity contribution in [3.63, 3.8) is 0 Å². The molecule has 0 bridgehead atoms. The summed E-state index contributed by atoms with van der Waals surface area (Å²) in [5.74, 6) is -0.494. The Morgan fingerprint density at radius 1 is 0.909 bits per heavy atom. The highest BCUT2D eigenvalue weighted by Gasteiger charge is 2.29. The van der Waals surface area contributed by atoms with Gasteiger partial charge >= 0.3 is 0 Å². The van der Waals surface area contributed by atoms with E-state index in [1.807, 2.05) is 20.8 Å². The molecule has 178 valence electrons. The minimum absolute atomic E-state index is 0.0363. The fraction of sp³-hybridized carbons (Fsp3) is 0.440. The number of hydrogen-bond acceptors (Lipinski definition) is 4. The van der Waals surface area contributed by atoms with Gasteiger partial charge in [-0.05, 0) is 55.3 Å². The first-order valence-electron chi connectivity index (χ1n) is 11.3. The average molecular weight is 472 g/mol. The zero-order valence-corrected chi connectivity index (χ0v) is 20.5. The van der Waals surface area contributed by atoms with Gasteiger partial charge in [0, 0.05) is 35.4 Å². The lowest BCUT2D eigenvalue weighted by Crippen LogP contribution is -2.38. The molecule has 1 aliphatic carbocycles. The molecule has 33 heavy (non-hydrogen) atoms. The largest absolute Gasteiger partial charge is 0.326 e. The van der Waals surface area contributed by atoms with Gasteiger partial charge in [0.2, 0.25) is 15.9 Å².